The molecule has 0 saturated carbocycles. The van der Waals surface area contributed by atoms with Crippen LogP contribution in [0.3, 0.4) is 0 Å². The van der Waals surface area contributed by atoms with Crippen LogP contribution in [-0.2, 0) is 4.79 Å². The highest BCUT2D eigenvalue weighted by atomic mass is 16.5. The summed E-state index contributed by atoms with van der Waals surface area (Å²) in [5.74, 6) is 1.50. The maximum absolute atomic E-state index is 10.9. The lowest BCUT2D eigenvalue weighted by atomic mass is 10.3. The number of hydrogen-bond donors (Lipinski definition) is 1. The third-order valence-corrected chi connectivity index (χ3v) is 1.94. The van der Waals surface area contributed by atoms with Gasteiger partial charge in [0.25, 0.3) is 0 Å². The zero-order chi connectivity index (χ0) is 11.1. The molecule has 4 heteroatoms. The van der Waals surface area contributed by atoms with Crippen LogP contribution >= 0.6 is 0 Å². The first kappa shape index (κ1) is 11.4. The number of hydrogen-bond acceptors (Lipinski definition) is 3. The lowest BCUT2D eigenvalue weighted by Crippen LogP contribution is -2.20. The average molecular weight is 209 g/mol. The third-order valence-electron chi connectivity index (χ3n) is 1.94. The Morgan fingerprint density at radius 1 is 1.27 bits per heavy atom. The lowest BCUT2D eigenvalue weighted by Gasteiger charge is -2.06. The Morgan fingerprint density at radius 3 is 2.40 bits per heavy atom. The van der Waals surface area contributed by atoms with E-state index >= 15 is 0 Å². The molecular formula is C11H15NO3. The summed E-state index contributed by atoms with van der Waals surface area (Å²) in [5, 5.41) is 2.53. The fourth-order valence-electron chi connectivity index (χ4n) is 1.06. The molecule has 0 saturated heterocycles. The molecule has 0 fully saturated rings. The minimum absolute atomic E-state index is 0.0245. The van der Waals surface area contributed by atoms with Gasteiger partial charge in [-0.3, -0.25) is 4.79 Å². The van der Waals surface area contributed by atoms with Crippen molar-refractivity contribution in [3.8, 4) is 11.5 Å². The van der Waals surface area contributed by atoms with Gasteiger partial charge in [0, 0.05) is 7.05 Å². The van der Waals surface area contributed by atoms with Crippen molar-refractivity contribution < 1.29 is 14.3 Å². The van der Waals surface area contributed by atoms with Gasteiger partial charge in [0.05, 0.1) is 20.1 Å². The van der Waals surface area contributed by atoms with E-state index < -0.39 is 0 Å². The van der Waals surface area contributed by atoms with Gasteiger partial charge < -0.3 is 14.8 Å². The number of nitrogens with one attached hydrogen (secondary N) is 1. The molecule has 4 nitrogen and oxygen atoms in total. The minimum Gasteiger partial charge on any atom is -0.497 e. The molecule has 1 rings (SSSR count). The van der Waals surface area contributed by atoms with Crippen LogP contribution in [0.2, 0.25) is 0 Å². The van der Waals surface area contributed by atoms with Gasteiger partial charge in [0.15, 0.2) is 0 Å². The molecule has 0 aliphatic carbocycles. The summed E-state index contributed by atoms with van der Waals surface area (Å²) in [6, 6.07) is 7.25. The fourth-order valence-corrected chi connectivity index (χ4v) is 1.06. The van der Waals surface area contributed by atoms with E-state index in [1.165, 1.54) is 0 Å². The third kappa shape index (κ3) is 3.89. The summed E-state index contributed by atoms with van der Waals surface area (Å²) in [6.07, 6.45) is 0.364. The highest BCUT2D eigenvalue weighted by molar-refractivity contribution is 5.75. The zero-order valence-electron chi connectivity index (χ0n) is 8.95. The van der Waals surface area contributed by atoms with Gasteiger partial charge in [0.2, 0.25) is 5.91 Å². The second-order valence-electron chi connectivity index (χ2n) is 2.95. The largest absolute Gasteiger partial charge is 0.497 e. The summed E-state index contributed by atoms with van der Waals surface area (Å²) in [4.78, 5) is 10.9. The SMILES string of the molecule is CNC(=O)CCOc1ccc(OC)cc1. The number of ether oxygens (including phenoxy) is 2. The van der Waals surface area contributed by atoms with Gasteiger partial charge in [-0.2, -0.15) is 0 Å². The zero-order valence-corrected chi connectivity index (χ0v) is 8.95. The van der Waals surface area contributed by atoms with Crippen LogP contribution < -0.4 is 14.8 Å². The van der Waals surface area contributed by atoms with E-state index in [0.29, 0.717) is 13.0 Å². The van der Waals surface area contributed by atoms with Crippen LogP contribution in [-0.4, -0.2) is 26.7 Å². The maximum Gasteiger partial charge on any atom is 0.223 e. The first-order valence-electron chi connectivity index (χ1n) is 4.73. The Morgan fingerprint density at radius 2 is 1.87 bits per heavy atom. The number of methoxy groups -OCH3 is 1. The number of rotatable bonds is 5. The van der Waals surface area contributed by atoms with Crippen molar-refractivity contribution in [1.82, 2.24) is 5.32 Å². The van der Waals surface area contributed by atoms with Crippen molar-refractivity contribution in [1.29, 1.82) is 0 Å². The molecule has 0 aromatic heterocycles. The van der Waals surface area contributed by atoms with Gasteiger partial charge in [0.1, 0.15) is 11.5 Å². The predicted octanol–water partition coefficient (Wildman–Crippen LogP) is 1.21. The second-order valence-corrected chi connectivity index (χ2v) is 2.95. The lowest BCUT2D eigenvalue weighted by molar-refractivity contribution is -0.121. The van der Waals surface area contributed by atoms with Gasteiger partial charge in [-0.05, 0) is 24.3 Å². The predicted molar refractivity (Wildman–Crippen MR) is 57.2 cm³/mol. The van der Waals surface area contributed by atoms with Crippen LogP contribution in [0.5, 0.6) is 11.5 Å². The first-order valence-corrected chi connectivity index (χ1v) is 4.73. The molecule has 1 amide bonds. The van der Waals surface area contributed by atoms with Crippen molar-refractivity contribution in [3.05, 3.63) is 24.3 Å². The summed E-state index contributed by atoms with van der Waals surface area (Å²) < 4.78 is 10.4. The summed E-state index contributed by atoms with van der Waals surface area (Å²) in [7, 11) is 3.22. The summed E-state index contributed by atoms with van der Waals surface area (Å²) in [6.45, 7) is 0.381. The summed E-state index contributed by atoms with van der Waals surface area (Å²) >= 11 is 0. The van der Waals surface area contributed by atoms with Gasteiger partial charge in [-0.1, -0.05) is 0 Å². The Kier molecular flexibility index (Phi) is 4.47. The molecular weight excluding hydrogens is 194 g/mol. The van der Waals surface area contributed by atoms with Crippen LogP contribution in [0.15, 0.2) is 24.3 Å². The molecule has 0 aliphatic rings. The number of amides is 1. The summed E-state index contributed by atoms with van der Waals surface area (Å²) in [5.41, 5.74) is 0. The molecule has 0 unspecified atom stereocenters. The van der Waals surface area contributed by atoms with Gasteiger partial charge >= 0.3 is 0 Å². The van der Waals surface area contributed by atoms with Crippen molar-refractivity contribution >= 4 is 5.91 Å². The van der Waals surface area contributed by atoms with Crippen LogP contribution in [0.4, 0.5) is 0 Å². The van der Waals surface area contributed by atoms with Gasteiger partial charge in [-0.15, -0.1) is 0 Å². The fraction of sp³-hybridized carbons (Fsp3) is 0.364. The molecule has 15 heavy (non-hydrogen) atoms. The molecule has 0 aliphatic heterocycles. The van der Waals surface area contributed by atoms with E-state index in [1.807, 2.05) is 24.3 Å². The van der Waals surface area contributed by atoms with E-state index in [2.05, 4.69) is 5.32 Å². The Labute approximate surface area is 89.2 Å². The van der Waals surface area contributed by atoms with Crippen molar-refractivity contribution in [2.75, 3.05) is 20.8 Å². The van der Waals surface area contributed by atoms with Crippen molar-refractivity contribution in [2.45, 2.75) is 6.42 Å². The first-order chi connectivity index (χ1) is 7.26. The van der Waals surface area contributed by atoms with Crippen molar-refractivity contribution in [3.63, 3.8) is 0 Å². The molecule has 82 valence electrons. The highest BCUT2D eigenvalue weighted by Crippen LogP contribution is 2.16. The topological polar surface area (TPSA) is 47.6 Å². The smallest absolute Gasteiger partial charge is 0.223 e. The van der Waals surface area contributed by atoms with E-state index in [1.54, 1.807) is 14.2 Å². The molecule has 0 heterocycles. The standard InChI is InChI=1S/C11H15NO3/c1-12-11(13)7-8-15-10-5-3-9(14-2)4-6-10/h3-6H,7-8H2,1-2H3,(H,12,13). The molecule has 0 bridgehead atoms. The molecule has 1 aromatic rings. The Bertz CT molecular complexity index is 308. The van der Waals surface area contributed by atoms with E-state index in [4.69, 9.17) is 9.47 Å². The number of carbonyl (C=O) groups excluding carboxylic acids is 1. The van der Waals surface area contributed by atoms with Crippen molar-refractivity contribution in [2.24, 2.45) is 0 Å². The Balaban J connectivity index is 2.34. The van der Waals surface area contributed by atoms with Gasteiger partial charge in [-0.25, -0.2) is 0 Å². The van der Waals surface area contributed by atoms with Crippen LogP contribution in [0.25, 0.3) is 0 Å². The second kappa shape index (κ2) is 5.90. The van der Waals surface area contributed by atoms with E-state index in [9.17, 15) is 4.79 Å². The molecule has 0 atom stereocenters. The molecule has 1 aromatic carbocycles. The normalized spacial score (nSPS) is 9.47. The molecule has 0 spiro atoms. The van der Waals surface area contributed by atoms with E-state index in [0.717, 1.165) is 11.5 Å². The number of carbonyl (C=O) groups is 1. The molecule has 1 N–H and O–H groups in total. The van der Waals surface area contributed by atoms with Crippen LogP contribution in [0.1, 0.15) is 6.42 Å². The number of benzene rings is 1. The monoisotopic (exact) mass is 209 g/mol. The Hall–Kier alpha value is -1.71. The van der Waals surface area contributed by atoms with E-state index in [-0.39, 0.29) is 5.91 Å². The quantitative estimate of drug-likeness (QED) is 0.793. The minimum atomic E-state index is -0.0245. The average Bonchev–Trinajstić information content (AvgIpc) is 2.29. The van der Waals surface area contributed by atoms with Crippen LogP contribution in [0, 0.1) is 0 Å². The maximum atomic E-state index is 10.9. The highest BCUT2D eigenvalue weighted by Gasteiger charge is 1.99. The molecule has 0 radical (unpaired) electrons.